The van der Waals surface area contributed by atoms with E-state index in [1.807, 2.05) is 0 Å². The second-order valence-electron chi connectivity index (χ2n) is 3.00. The van der Waals surface area contributed by atoms with Gasteiger partial charge in [0, 0.05) is 11.9 Å². The van der Waals surface area contributed by atoms with Gasteiger partial charge in [0.05, 0.1) is 12.1 Å². The van der Waals surface area contributed by atoms with Crippen LogP contribution in [-0.2, 0) is 4.79 Å². The van der Waals surface area contributed by atoms with E-state index in [0.717, 1.165) is 6.07 Å². The molecule has 3 nitrogen and oxygen atoms in total. The van der Waals surface area contributed by atoms with E-state index in [9.17, 15) is 14.3 Å². The van der Waals surface area contributed by atoms with Gasteiger partial charge in [0.1, 0.15) is 0 Å². The lowest BCUT2D eigenvalue weighted by atomic mass is 10.2. The number of benzene rings is 1. The van der Waals surface area contributed by atoms with Gasteiger partial charge >= 0.3 is 0 Å². The maximum atomic E-state index is 13.0. The van der Waals surface area contributed by atoms with Crippen LogP contribution >= 0.6 is 11.6 Å². The molecule has 0 unspecified atom stereocenters. The summed E-state index contributed by atoms with van der Waals surface area (Å²) in [6.07, 6.45) is 0. The lowest BCUT2D eigenvalue weighted by Crippen LogP contribution is -2.19. The molecule has 0 atom stereocenters. The van der Waals surface area contributed by atoms with Gasteiger partial charge < -0.3 is 10.4 Å². The van der Waals surface area contributed by atoms with Crippen molar-refractivity contribution in [3.05, 3.63) is 28.5 Å². The highest BCUT2D eigenvalue weighted by molar-refractivity contribution is 6.30. The zero-order valence-electron chi connectivity index (χ0n) is 8.47. The minimum Gasteiger partial charge on any atom is -0.504 e. The minimum absolute atomic E-state index is 0.0929. The predicted octanol–water partition coefficient (Wildman–Crippen LogP) is 1.67. The zero-order chi connectivity index (χ0) is 12.1. The molecule has 0 aliphatic heterocycles. The summed E-state index contributed by atoms with van der Waals surface area (Å²) in [5.74, 6) is 3.49. The molecular formula is C11H9ClFNO2. The molecule has 0 radical (unpaired) electrons. The molecule has 0 heterocycles. The van der Waals surface area contributed by atoms with Crippen molar-refractivity contribution >= 4 is 17.5 Å². The molecule has 0 bridgehead atoms. The summed E-state index contributed by atoms with van der Waals surface area (Å²) in [5.41, 5.74) is 0.0929. The number of hydrogen-bond donors (Lipinski definition) is 2. The fourth-order valence-corrected chi connectivity index (χ4v) is 1.17. The number of halogens is 2. The Balaban J connectivity index is 2.84. The van der Waals surface area contributed by atoms with Crippen LogP contribution in [0.3, 0.4) is 0 Å². The molecule has 1 amide bonds. The van der Waals surface area contributed by atoms with E-state index < -0.39 is 11.6 Å². The molecule has 0 aliphatic carbocycles. The van der Waals surface area contributed by atoms with Crippen LogP contribution in [0.2, 0.25) is 5.02 Å². The van der Waals surface area contributed by atoms with Crippen LogP contribution < -0.4 is 5.32 Å². The molecule has 16 heavy (non-hydrogen) atoms. The van der Waals surface area contributed by atoms with Crippen molar-refractivity contribution < 1.29 is 14.3 Å². The summed E-state index contributed by atoms with van der Waals surface area (Å²) < 4.78 is 13.0. The van der Waals surface area contributed by atoms with Gasteiger partial charge in [0.2, 0.25) is 5.91 Å². The van der Waals surface area contributed by atoms with Gasteiger partial charge in [-0.2, -0.15) is 0 Å². The average molecular weight is 242 g/mol. The molecule has 2 N–H and O–H groups in total. The molecule has 1 rings (SSSR count). The molecule has 0 saturated heterocycles. The summed E-state index contributed by atoms with van der Waals surface area (Å²) in [6, 6.07) is 2.34. The normalized spacial score (nSPS) is 9.19. The summed E-state index contributed by atoms with van der Waals surface area (Å²) >= 11 is 5.60. The second-order valence-corrected chi connectivity index (χ2v) is 3.43. The van der Waals surface area contributed by atoms with Crippen molar-refractivity contribution in [1.29, 1.82) is 0 Å². The summed E-state index contributed by atoms with van der Waals surface area (Å²) in [4.78, 5) is 10.5. The Labute approximate surface area is 97.2 Å². The fraction of sp³-hybridized carbons (Fsp3) is 0.182. The van der Waals surface area contributed by atoms with E-state index in [1.165, 1.54) is 13.0 Å². The number of phenolic OH excluding ortho intramolecular Hbond substituents is 1. The molecular weight excluding hydrogens is 233 g/mol. The van der Waals surface area contributed by atoms with Gasteiger partial charge in [-0.25, -0.2) is 4.39 Å². The van der Waals surface area contributed by atoms with E-state index in [1.54, 1.807) is 0 Å². The van der Waals surface area contributed by atoms with Gasteiger partial charge in [-0.1, -0.05) is 23.4 Å². The standard InChI is InChI=1S/C11H9ClFNO2/c1-7(15)14-4-2-3-8-5-9(12)6-10(13)11(8)16/h5-6,16H,4H2,1H3,(H,14,15). The van der Waals surface area contributed by atoms with Gasteiger partial charge in [0.25, 0.3) is 0 Å². The number of amides is 1. The van der Waals surface area contributed by atoms with Crippen LogP contribution in [0.5, 0.6) is 5.75 Å². The van der Waals surface area contributed by atoms with Crippen LogP contribution in [-0.4, -0.2) is 17.6 Å². The third-order valence-corrected chi connectivity index (χ3v) is 1.90. The molecule has 5 heteroatoms. The van der Waals surface area contributed by atoms with Crippen molar-refractivity contribution in [2.24, 2.45) is 0 Å². The molecule has 0 spiro atoms. The third-order valence-electron chi connectivity index (χ3n) is 1.68. The maximum absolute atomic E-state index is 13.0. The first kappa shape index (κ1) is 12.3. The lowest BCUT2D eigenvalue weighted by molar-refractivity contribution is -0.118. The van der Waals surface area contributed by atoms with Crippen molar-refractivity contribution in [3.63, 3.8) is 0 Å². The molecule has 0 aromatic heterocycles. The molecule has 0 saturated carbocycles. The van der Waals surface area contributed by atoms with Crippen molar-refractivity contribution in [2.75, 3.05) is 6.54 Å². The largest absolute Gasteiger partial charge is 0.504 e. The number of nitrogens with one attached hydrogen (secondary N) is 1. The zero-order valence-corrected chi connectivity index (χ0v) is 9.23. The second kappa shape index (κ2) is 5.38. The number of aromatic hydroxyl groups is 1. The first-order valence-corrected chi connectivity index (χ1v) is 4.80. The van der Waals surface area contributed by atoms with Gasteiger partial charge in [-0.15, -0.1) is 0 Å². The fourth-order valence-electron chi connectivity index (χ4n) is 0.969. The van der Waals surface area contributed by atoms with Gasteiger partial charge in [-0.3, -0.25) is 4.79 Å². The topological polar surface area (TPSA) is 49.3 Å². The number of carbonyl (C=O) groups is 1. The molecule has 0 fully saturated rings. The van der Waals surface area contributed by atoms with E-state index in [0.29, 0.717) is 0 Å². The SMILES string of the molecule is CC(=O)NCC#Cc1cc(Cl)cc(F)c1O. The van der Waals surface area contributed by atoms with Crippen molar-refractivity contribution in [2.45, 2.75) is 6.92 Å². The highest BCUT2D eigenvalue weighted by atomic mass is 35.5. The molecule has 1 aromatic rings. The van der Waals surface area contributed by atoms with E-state index in [2.05, 4.69) is 17.2 Å². The highest BCUT2D eigenvalue weighted by Crippen LogP contribution is 2.24. The van der Waals surface area contributed by atoms with Crippen molar-refractivity contribution in [3.8, 4) is 17.6 Å². The first-order valence-electron chi connectivity index (χ1n) is 4.42. The Morgan fingerprint density at radius 1 is 1.62 bits per heavy atom. The predicted molar refractivity (Wildman–Crippen MR) is 58.6 cm³/mol. The Hall–Kier alpha value is -1.73. The number of rotatable bonds is 1. The van der Waals surface area contributed by atoms with Gasteiger partial charge in [0.15, 0.2) is 11.6 Å². The van der Waals surface area contributed by atoms with Crippen LogP contribution in [0.1, 0.15) is 12.5 Å². The monoisotopic (exact) mass is 241 g/mol. The summed E-state index contributed by atoms with van der Waals surface area (Å²) in [6.45, 7) is 1.49. The van der Waals surface area contributed by atoms with Crippen LogP contribution in [0, 0.1) is 17.7 Å². The van der Waals surface area contributed by atoms with Crippen LogP contribution in [0.15, 0.2) is 12.1 Å². The Morgan fingerprint density at radius 3 is 2.94 bits per heavy atom. The van der Waals surface area contributed by atoms with Crippen LogP contribution in [0.25, 0.3) is 0 Å². The quantitative estimate of drug-likeness (QED) is 0.735. The van der Waals surface area contributed by atoms with E-state index in [-0.39, 0.29) is 23.0 Å². The third kappa shape index (κ3) is 3.44. The number of hydrogen-bond acceptors (Lipinski definition) is 2. The highest BCUT2D eigenvalue weighted by Gasteiger charge is 2.06. The lowest BCUT2D eigenvalue weighted by Gasteiger charge is -1.99. The molecule has 1 aromatic carbocycles. The van der Waals surface area contributed by atoms with Crippen LogP contribution in [0.4, 0.5) is 4.39 Å². The molecule has 0 aliphatic rings. The smallest absolute Gasteiger partial charge is 0.217 e. The first-order chi connectivity index (χ1) is 7.50. The Morgan fingerprint density at radius 2 is 2.31 bits per heavy atom. The number of phenols is 1. The van der Waals surface area contributed by atoms with Gasteiger partial charge in [-0.05, 0) is 12.1 Å². The van der Waals surface area contributed by atoms with E-state index >= 15 is 0 Å². The maximum Gasteiger partial charge on any atom is 0.217 e. The summed E-state index contributed by atoms with van der Waals surface area (Å²) in [5, 5.41) is 11.9. The minimum atomic E-state index is -0.823. The number of carbonyl (C=O) groups excluding carboxylic acids is 1. The summed E-state index contributed by atoms with van der Waals surface area (Å²) in [7, 11) is 0. The molecule has 84 valence electrons. The van der Waals surface area contributed by atoms with E-state index in [4.69, 9.17) is 11.6 Å². The Kier molecular flexibility index (Phi) is 4.15. The Bertz CT molecular complexity index is 477. The average Bonchev–Trinajstić information content (AvgIpc) is 2.19. The van der Waals surface area contributed by atoms with Crippen molar-refractivity contribution in [1.82, 2.24) is 5.32 Å².